The first-order chi connectivity index (χ1) is 13.0. The molecule has 1 amide bonds. The number of nitrogens with one attached hydrogen (secondary N) is 2. The number of sulfonamides is 1. The van der Waals surface area contributed by atoms with Crippen LogP contribution in [0.3, 0.4) is 0 Å². The van der Waals surface area contributed by atoms with Gasteiger partial charge in [-0.25, -0.2) is 13.1 Å². The van der Waals surface area contributed by atoms with Crippen molar-refractivity contribution in [3.8, 4) is 0 Å². The van der Waals surface area contributed by atoms with E-state index in [1.807, 2.05) is 18.2 Å². The van der Waals surface area contributed by atoms with E-state index in [4.69, 9.17) is 11.6 Å². The zero-order valence-corrected chi connectivity index (χ0v) is 18.2. The van der Waals surface area contributed by atoms with Crippen molar-refractivity contribution in [2.75, 3.05) is 6.54 Å². The van der Waals surface area contributed by atoms with E-state index >= 15 is 0 Å². The molecule has 2 aromatic rings. The molecule has 2 rings (SSSR count). The molecule has 1 atom stereocenters. The van der Waals surface area contributed by atoms with E-state index in [0.29, 0.717) is 12.5 Å². The van der Waals surface area contributed by atoms with Crippen molar-refractivity contribution in [2.45, 2.75) is 50.5 Å². The van der Waals surface area contributed by atoms with E-state index in [1.54, 1.807) is 20.8 Å². The van der Waals surface area contributed by atoms with Crippen LogP contribution in [0.25, 0.3) is 0 Å². The second-order valence-electron chi connectivity index (χ2n) is 7.86. The fourth-order valence-corrected chi connectivity index (χ4v) is 4.71. The molecule has 0 aliphatic carbocycles. The first-order valence-electron chi connectivity index (χ1n) is 9.16. The number of benzene rings is 2. The molecule has 0 bridgehead atoms. The van der Waals surface area contributed by atoms with Crippen LogP contribution < -0.4 is 10.0 Å². The number of carbonyl (C=O) groups excluding carboxylic acids is 1. The Kier molecular flexibility index (Phi) is 7.26. The fraction of sp³-hybridized carbons (Fsp3) is 0.381. The molecule has 28 heavy (non-hydrogen) atoms. The van der Waals surface area contributed by atoms with Crippen molar-refractivity contribution >= 4 is 27.5 Å². The Morgan fingerprint density at radius 1 is 1.11 bits per heavy atom. The summed E-state index contributed by atoms with van der Waals surface area (Å²) in [7, 11) is -3.84. The maximum Gasteiger partial charge on any atom is 0.251 e. The standard InChI is InChI=1S/C21H27ClN2O3S/c1-15(16-8-6-5-7-9-16)12-13-23-20(25)17-10-11-18(22)19(14-17)28(26,27)24-21(2,3)4/h5-11,14-15,24H,12-13H2,1-4H3,(H,23,25). The van der Waals surface area contributed by atoms with E-state index < -0.39 is 15.6 Å². The lowest BCUT2D eigenvalue weighted by molar-refractivity contribution is 0.0952. The van der Waals surface area contributed by atoms with Gasteiger partial charge < -0.3 is 5.32 Å². The van der Waals surface area contributed by atoms with Crippen LogP contribution in [0.5, 0.6) is 0 Å². The topological polar surface area (TPSA) is 75.3 Å². The quantitative estimate of drug-likeness (QED) is 0.696. The van der Waals surface area contributed by atoms with Crippen LogP contribution in [0.15, 0.2) is 53.4 Å². The third kappa shape index (κ3) is 6.33. The van der Waals surface area contributed by atoms with Crippen LogP contribution >= 0.6 is 11.6 Å². The lowest BCUT2D eigenvalue weighted by atomic mass is 9.98. The zero-order chi connectivity index (χ0) is 20.9. The van der Waals surface area contributed by atoms with Crippen LogP contribution in [0.1, 0.15) is 56.0 Å². The monoisotopic (exact) mass is 422 g/mol. The minimum atomic E-state index is -3.84. The summed E-state index contributed by atoms with van der Waals surface area (Å²) in [6.07, 6.45) is 0.778. The van der Waals surface area contributed by atoms with Gasteiger partial charge in [-0.15, -0.1) is 0 Å². The highest BCUT2D eigenvalue weighted by Gasteiger charge is 2.25. The molecule has 152 valence electrons. The predicted molar refractivity (Wildman–Crippen MR) is 113 cm³/mol. The number of halogens is 1. The Hall–Kier alpha value is -1.89. The Morgan fingerprint density at radius 2 is 1.75 bits per heavy atom. The van der Waals surface area contributed by atoms with E-state index in [1.165, 1.54) is 23.8 Å². The normalized spacial score (nSPS) is 13.2. The van der Waals surface area contributed by atoms with Gasteiger partial charge in [0.15, 0.2) is 0 Å². The molecule has 2 N–H and O–H groups in total. The summed E-state index contributed by atoms with van der Waals surface area (Å²) >= 11 is 6.08. The van der Waals surface area contributed by atoms with E-state index in [0.717, 1.165) is 6.42 Å². The van der Waals surface area contributed by atoms with Crippen LogP contribution in [-0.4, -0.2) is 26.4 Å². The highest BCUT2D eigenvalue weighted by atomic mass is 35.5. The molecule has 5 nitrogen and oxygen atoms in total. The van der Waals surface area contributed by atoms with Crippen molar-refractivity contribution < 1.29 is 13.2 Å². The molecule has 0 saturated carbocycles. The van der Waals surface area contributed by atoms with Gasteiger partial charge in [0.25, 0.3) is 5.91 Å². The molecule has 0 saturated heterocycles. The van der Waals surface area contributed by atoms with Gasteiger partial charge in [0.05, 0.1) is 5.02 Å². The van der Waals surface area contributed by atoms with E-state index in [2.05, 4.69) is 29.1 Å². The summed E-state index contributed by atoms with van der Waals surface area (Å²) in [5, 5.41) is 2.92. The summed E-state index contributed by atoms with van der Waals surface area (Å²) in [4.78, 5) is 12.4. The average Bonchev–Trinajstić information content (AvgIpc) is 2.60. The number of amides is 1. The van der Waals surface area contributed by atoms with Crippen molar-refractivity contribution in [1.29, 1.82) is 0 Å². The third-order valence-electron chi connectivity index (χ3n) is 4.15. The molecule has 2 aromatic carbocycles. The molecule has 1 unspecified atom stereocenters. The molecule has 0 heterocycles. The van der Waals surface area contributed by atoms with Gasteiger partial charge in [-0.2, -0.15) is 0 Å². The molecule has 0 spiro atoms. The Labute approximate surface area is 172 Å². The average molecular weight is 423 g/mol. The molecule has 0 aliphatic heterocycles. The third-order valence-corrected chi connectivity index (χ3v) is 6.39. The van der Waals surface area contributed by atoms with Gasteiger partial charge in [0.1, 0.15) is 4.90 Å². The minimum absolute atomic E-state index is 0.0750. The van der Waals surface area contributed by atoms with E-state index in [-0.39, 0.29) is 21.4 Å². The Balaban J connectivity index is 2.06. The first-order valence-corrected chi connectivity index (χ1v) is 11.0. The predicted octanol–water partition coefficient (Wildman–Crippen LogP) is 4.34. The minimum Gasteiger partial charge on any atom is -0.352 e. The van der Waals surface area contributed by atoms with Crippen molar-refractivity contribution in [3.05, 3.63) is 64.7 Å². The van der Waals surface area contributed by atoms with Crippen molar-refractivity contribution in [1.82, 2.24) is 10.0 Å². The summed E-state index contributed by atoms with van der Waals surface area (Å²) in [5.41, 5.74) is 0.810. The molecule has 0 radical (unpaired) electrons. The van der Waals surface area contributed by atoms with Crippen molar-refractivity contribution in [3.63, 3.8) is 0 Å². The highest BCUT2D eigenvalue weighted by molar-refractivity contribution is 7.89. The van der Waals surface area contributed by atoms with Gasteiger partial charge >= 0.3 is 0 Å². The van der Waals surface area contributed by atoms with Crippen molar-refractivity contribution in [2.24, 2.45) is 0 Å². The summed E-state index contributed by atoms with van der Waals surface area (Å²) < 4.78 is 27.7. The highest BCUT2D eigenvalue weighted by Crippen LogP contribution is 2.24. The van der Waals surface area contributed by atoms with Crippen LogP contribution in [0, 0.1) is 0 Å². The van der Waals surface area contributed by atoms with Gasteiger partial charge in [0, 0.05) is 17.6 Å². The summed E-state index contributed by atoms with van der Waals surface area (Å²) in [6, 6.07) is 14.3. The van der Waals surface area contributed by atoms with Crippen LogP contribution in [-0.2, 0) is 10.0 Å². The summed E-state index contributed by atoms with van der Waals surface area (Å²) in [6.45, 7) is 7.81. The van der Waals surface area contributed by atoms with E-state index in [9.17, 15) is 13.2 Å². The molecule has 7 heteroatoms. The molecular formula is C21H27ClN2O3S. The lowest BCUT2D eigenvalue weighted by Crippen LogP contribution is -2.40. The fourth-order valence-electron chi connectivity index (χ4n) is 2.76. The molecule has 0 aliphatic rings. The molecule has 0 aromatic heterocycles. The maximum absolute atomic E-state index is 12.6. The molecular weight excluding hydrogens is 396 g/mol. The number of carbonyl (C=O) groups is 1. The second kappa shape index (κ2) is 9.07. The van der Waals surface area contributed by atoms with Crippen LogP contribution in [0.2, 0.25) is 5.02 Å². The number of hydrogen-bond acceptors (Lipinski definition) is 3. The first kappa shape index (κ1) is 22.4. The number of hydrogen-bond donors (Lipinski definition) is 2. The lowest BCUT2D eigenvalue weighted by Gasteiger charge is -2.21. The van der Waals surface area contributed by atoms with Gasteiger partial charge in [-0.1, -0.05) is 48.9 Å². The van der Waals surface area contributed by atoms with Gasteiger partial charge in [-0.05, 0) is 56.9 Å². The zero-order valence-electron chi connectivity index (χ0n) is 16.6. The Morgan fingerprint density at radius 3 is 2.36 bits per heavy atom. The largest absolute Gasteiger partial charge is 0.352 e. The second-order valence-corrected chi connectivity index (χ2v) is 9.92. The SMILES string of the molecule is CC(CCNC(=O)c1ccc(Cl)c(S(=O)(=O)NC(C)(C)C)c1)c1ccccc1. The smallest absolute Gasteiger partial charge is 0.251 e. The van der Waals surface area contributed by atoms with Gasteiger partial charge in [-0.3, -0.25) is 4.79 Å². The molecule has 0 fully saturated rings. The Bertz CT molecular complexity index is 922. The summed E-state index contributed by atoms with van der Waals surface area (Å²) in [5.74, 6) is -0.0252. The number of rotatable bonds is 7. The van der Waals surface area contributed by atoms with Gasteiger partial charge in [0.2, 0.25) is 10.0 Å². The van der Waals surface area contributed by atoms with Crippen LogP contribution in [0.4, 0.5) is 0 Å². The maximum atomic E-state index is 12.6.